The summed E-state index contributed by atoms with van der Waals surface area (Å²) in [5, 5.41) is 19.1. The molecular weight excluding hydrogens is 523 g/mol. The number of likely N-dealkylation sites (tertiary alicyclic amines) is 1. The van der Waals surface area contributed by atoms with Crippen molar-refractivity contribution >= 4 is 23.2 Å². The van der Waals surface area contributed by atoms with Crippen LogP contribution in [0.4, 0.5) is 0 Å². The van der Waals surface area contributed by atoms with Crippen LogP contribution in [0.1, 0.15) is 69.7 Å². The van der Waals surface area contributed by atoms with E-state index in [1.54, 1.807) is 23.1 Å². The minimum atomic E-state index is -0.603. The van der Waals surface area contributed by atoms with Gasteiger partial charge in [0.05, 0.1) is 6.04 Å². The van der Waals surface area contributed by atoms with E-state index in [1.807, 2.05) is 35.0 Å². The van der Waals surface area contributed by atoms with Crippen LogP contribution in [0.15, 0.2) is 61.2 Å². The second-order valence-electron chi connectivity index (χ2n) is 10.7. The molecule has 3 heterocycles. The van der Waals surface area contributed by atoms with Gasteiger partial charge in [0.15, 0.2) is 5.82 Å². The number of tetrazole rings is 1. The highest BCUT2D eigenvalue weighted by molar-refractivity contribution is 6.31. The molecule has 0 saturated carbocycles. The van der Waals surface area contributed by atoms with Gasteiger partial charge in [0.25, 0.3) is 0 Å². The molecule has 1 aliphatic rings. The van der Waals surface area contributed by atoms with Gasteiger partial charge >= 0.3 is 0 Å². The Morgan fingerprint density at radius 1 is 0.947 bits per heavy atom. The predicted molar refractivity (Wildman–Crippen MR) is 146 cm³/mol. The summed E-state index contributed by atoms with van der Waals surface area (Å²) in [6.07, 6.45) is 6.00. The number of benzene rings is 2. The normalized spacial score (nSPS) is 17.2. The molecule has 2 aromatic heterocycles. The summed E-state index contributed by atoms with van der Waals surface area (Å²) in [5.41, 5.74) is 0.635. The van der Waals surface area contributed by atoms with Crippen molar-refractivity contribution in [1.82, 2.24) is 39.9 Å². The van der Waals surface area contributed by atoms with Crippen LogP contribution in [0.3, 0.4) is 0 Å². The third-order valence-corrected chi connectivity index (χ3v) is 7.50. The monoisotopic (exact) mass is 554 g/mol. The zero-order chi connectivity index (χ0) is 26.7. The number of aromatic nitrogens is 7. The van der Waals surface area contributed by atoms with Gasteiger partial charge in [-0.15, -0.1) is 5.10 Å². The zero-order valence-corrected chi connectivity index (χ0v) is 23.3. The first-order valence-electron chi connectivity index (χ1n) is 12.9. The summed E-state index contributed by atoms with van der Waals surface area (Å²) in [5.74, 6) is 1.36. The summed E-state index contributed by atoms with van der Waals surface area (Å²) in [6, 6.07) is 14.6. The molecule has 3 atom stereocenters. The first-order valence-corrected chi connectivity index (χ1v) is 13.6. The fourth-order valence-electron chi connectivity index (χ4n) is 5.13. The summed E-state index contributed by atoms with van der Waals surface area (Å²) in [4.78, 5) is 6.63. The Morgan fingerprint density at radius 2 is 1.68 bits per heavy atom. The Labute approximate surface area is 232 Å². The predicted octanol–water partition coefficient (Wildman–Crippen LogP) is 6.01. The number of hydrogen-bond donors (Lipinski definition) is 0. The molecule has 11 heteroatoms. The lowest BCUT2D eigenvalue weighted by Crippen LogP contribution is -2.41. The highest BCUT2D eigenvalue weighted by Crippen LogP contribution is 2.43. The maximum absolute atomic E-state index is 6.78. The van der Waals surface area contributed by atoms with Crippen molar-refractivity contribution in [2.24, 2.45) is 5.41 Å². The van der Waals surface area contributed by atoms with Gasteiger partial charge in [0.1, 0.15) is 24.4 Å². The molecule has 0 N–H and O–H groups in total. The van der Waals surface area contributed by atoms with E-state index in [4.69, 9.17) is 27.9 Å². The number of piperidine rings is 1. The highest BCUT2D eigenvalue weighted by Gasteiger charge is 2.42. The van der Waals surface area contributed by atoms with E-state index in [0.29, 0.717) is 21.6 Å². The highest BCUT2D eigenvalue weighted by atomic mass is 35.5. The third-order valence-electron chi connectivity index (χ3n) is 6.91. The summed E-state index contributed by atoms with van der Waals surface area (Å²) in [6.45, 7) is 8.31. The molecule has 38 heavy (non-hydrogen) atoms. The lowest BCUT2D eigenvalue weighted by Gasteiger charge is -2.39. The van der Waals surface area contributed by atoms with Crippen LogP contribution in [-0.2, 0) is 0 Å². The molecule has 0 spiro atoms. The summed E-state index contributed by atoms with van der Waals surface area (Å²) in [7, 11) is 0. The van der Waals surface area contributed by atoms with E-state index >= 15 is 0 Å². The smallest absolute Gasteiger partial charge is 0.215 e. The second-order valence-corrected chi connectivity index (χ2v) is 11.5. The minimum absolute atomic E-state index is 0.212. The zero-order valence-electron chi connectivity index (χ0n) is 21.8. The minimum Gasteiger partial charge on any atom is -0.466 e. The van der Waals surface area contributed by atoms with Crippen molar-refractivity contribution in [3.63, 3.8) is 0 Å². The van der Waals surface area contributed by atoms with E-state index in [9.17, 15) is 0 Å². The van der Waals surface area contributed by atoms with Gasteiger partial charge in [-0.1, -0.05) is 68.6 Å². The van der Waals surface area contributed by atoms with Crippen LogP contribution in [0.25, 0.3) is 0 Å². The topological polar surface area (TPSA) is 86.8 Å². The molecule has 5 rings (SSSR count). The Kier molecular flexibility index (Phi) is 7.97. The molecule has 9 nitrogen and oxygen atoms in total. The number of rotatable bonds is 8. The Balaban J connectivity index is 1.63. The van der Waals surface area contributed by atoms with Crippen molar-refractivity contribution in [3.05, 3.63) is 82.6 Å². The molecule has 0 radical (unpaired) electrons. The summed E-state index contributed by atoms with van der Waals surface area (Å²) >= 11 is 12.9. The quantitative estimate of drug-likeness (QED) is 0.263. The van der Waals surface area contributed by atoms with Crippen LogP contribution in [0.2, 0.25) is 10.0 Å². The van der Waals surface area contributed by atoms with Crippen LogP contribution >= 0.6 is 23.2 Å². The fourth-order valence-corrected chi connectivity index (χ4v) is 5.50. The van der Waals surface area contributed by atoms with E-state index in [2.05, 4.69) is 57.3 Å². The molecule has 1 aliphatic heterocycles. The lowest BCUT2D eigenvalue weighted by molar-refractivity contribution is -0.00232. The molecule has 1 fully saturated rings. The van der Waals surface area contributed by atoms with Crippen LogP contribution in [-0.4, -0.2) is 53.0 Å². The number of nitrogens with zero attached hydrogens (tertiary/aromatic N) is 8. The molecule has 0 unspecified atom stereocenters. The van der Waals surface area contributed by atoms with Crippen molar-refractivity contribution in [1.29, 1.82) is 0 Å². The Hall–Kier alpha value is -3.01. The number of ether oxygens (including phenoxy) is 1. The fraction of sp³-hybridized carbons (Fsp3) is 0.444. The van der Waals surface area contributed by atoms with Crippen LogP contribution in [0.5, 0.6) is 5.75 Å². The van der Waals surface area contributed by atoms with Gasteiger partial charge in [0.2, 0.25) is 6.23 Å². The maximum atomic E-state index is 6.78. The number of halogens is 2. The standard InChI is InChI=1S/C27H32Cl2N8O/c1-27(2,3)24(26(36-18-30-17-31-36)38-20-13-11-19(28)12-14-20)37-25(32-33-34-37)23(35-15-7-4-8-16-35)21-9-5-6-10-22(21)29/h5-6,9-14,17-18,23-24,26H,4,7-8,15-16H2,1-3H3/t23-,24+,26+/m1/s1. The molecular formula is C27H32Cl2N8O. The van der Waals surface area contributed by atoms with Crippen LogP contribution in [0, 0.1) is 5.41 Å². The average Bonchev–Trinajstić information content (AvgIpc) is 3.59. The number of hydrogen-bond acceptors (Lipinski definition) is 7. The van der Waals surface area contributed by atoms with Gasteiger partial charge < -0.3 is 4.74 Å². The van der Waals surface area contributed by atoms with Crippen molar-refractivity contribution in [2.45, 2.75) is 58.3 Å². The largest absolute Gasteiger partial charge is 0.466 e. The van der Waals surface area contributed by atoms with Gasteiger partial charge in [-0.3, -0.25) is 4.90 Å². The lowest BCUT2D eigenvalue weighted by atomic mass is 9.85. The van der Waals surface area contributed by atoms with E-state index < -0.39 is 6.23 Å². The van der Waals surface area contributed by atoms with Crippen molar-refractivity contribution in [3.8, 4) is 5.75 Å². The molecule has 0 bridgehead atoms. The Bertz CT molecular complexity index is 1310. The van der Waals surface area contributed by atoms with Crippen molar-refractivity contribution < 1.29 is 4.74 Å². The molecule has 0 aliphatic carbocycles. The first kappa shape index (κ1) is 26.6. The molecule has 2 aromatic carbocycles. The van der Waals surface area contributed by atoms with Gasteiger partial charge in [-0.25, -0.2) is 14.3 Å². The van der Waals surface area contributed by atoms with E-state index in [-0.39, 0.29) is 17.5 Å². The molecule has 200 valence electrons. The van der Waals surface area contributed by atoms with Gasteiger partial charge in [0, 0.05) is 10.0 Å². The maximum Gasteiger partial charge on any atom is 0.215 e. The molecule has 0 amide bonds. The summed E-state index contributed by atoms with van der Waals surface area (Å²) < 4.78 is 10.2. The first-order chi connectivity index (χ1) is 18.3. The van der Waals surface area contributed by atoms with Crippen LogP contribution < -0.4 is 4.74 Å². The van der Waals surface area contributed by atoms with Gasteiger partial charge in [-0.2, -0.15) is 5.10 Å². The molecule has 1 saturated heterocycles. The van der Waals surface area contributed by atoms with E-state index in [1.165, 1.54) is 12.7 Å². The average molecular weight is 556 g/mol. The molecule has 4 aromatic rings. The Morgan fingerprint density at radius 3 is 2.34 bits per heavy atom. The SMILES string of the molecule is CC(C)(C)[C@H]([C@H](Oc1ccc(Cl)cc1)n1cncn1)n1nnnc1[C@@H](c1ccccc1Cl)N1CCCCC1. The third kappa shape index (κ3) is 5.70. The van der Waals surface area contributed by atoms with E-state index in [0.717, 1.165) is 31.5 Å². The van der Waals surface area contributed by atoms with Gasteiger partial charge in [-0.05, 0) is 77.7 Å². The van der Waals surface area contributed by atoms with Crippen molar-refractivity contribution in [2.75, 3.05) is 13.1 Å². The second kappa shape index (κ2) is 11.4.